The lowest BCUT2D eigenvalue weighted by Crippen LogP contribution is -2.55. The minimum atomic E-state index is 0.0891. The van der Waals surface area contributed by atoms with Gasteiger partial charge in [-0.1, -0.05) is 24.3 Å². The first kappa shape index (κ1) is 21.3. The monoisotopic (exact) mass is 394 g/mol. The molecule has 1 amide bonds. The van der Waals surface area contributed by atoms with Crippen molar-refractivity contribution in [1.82, 2.24) is 15.1 Å². The molecule has 0 saturated carbocycles. The molecule has 0 spiro atoms. The quantitative estimate of drug-likeness (QED) is 0.736. The normalized spacial score (nSPS) is 21.0. The number of nitrogen functional groups attached to an aromatic ring is 1. The van der Waals surface area contributed by atoms with Gasteiger partial charge in [0.2, 0.25) is 0 Å². The van der Waals surface area contributed by atoms with E-state index in [2.05, 4.69) is 48.3 Å². The Labute approximate surface area is 174 Å². The average molecular weight is 395 g/mol. The first-order chi connectivity index (χ1) is 13.9. The van der Waals surface area contributed by atoms with E-state index in [-0.39, 0.29) is 11.9 Å². The van der Waals surface area contributed by atoms with Crippen molar-refractivity contribution in [3.8, 4) is 0 Å². The van der Waals surface area contributed by atoms with Crippen molar-refractivity contribution in [1.29, 1.82) is 0 Å². The summed E-state index contributed by atoms with van der Waals surface area (Å²) in [5.74, 6) is 0.0891. The molecule has 5 heteroatoms. The molecule has 1 saturated heterocycles. The predicted molar refractivity (Wildman–Crippen MR) is 120 cm³/mol. The van der Waals surface area contributed by atoms with Crippen molar-refractivity contribution < 1.29 is 4.79 Å². The number of anilines is 1. The third-order valence-corrected chi connectivity index (χ3v) is 5.89. The molecule has 1 aliphatic rings. The molecule has 5 nitrogen and oxygen atoms in total. The summed E-state index contributed by atoms with van der Waals surface area (Å²) in [6.07, 6.45) is 0. The van der Waals surface area contributed by atoms with Gasteiger partial charge < -0.3 is 16.0 Å². The zero-order chi connectivity index (χ0) is 21.0. The Balaban J connectivity index is 1.97. The highest BCUT2D eigenvalue weighted by molar-refractivity contribution is 5.94. The molecule has 29 heavy (non-hydrogen) atoms. The summed E-state index contributed by atoms with van der Waals surface area (Å²) < 4.78 is 0. The van der Waals surface area contributed by atoms with Crippen LogP contribution in [0.3, 0.4) is 0 Å². The van der Waals surface area contributed by atoms with Gasteiger partial charge in [0.1, 0.15) is 0 Å². The van der Waals surface area contributed by atoms with Gasteiger partial charge in [-0.05, 0) is 63.1 Å². The second-order valence-corrected chi connectivity index (χ2v) is 8.03. The average Bonchev–Trinajstić information content (AvgIpc) is 2.72. The molecule has 1 heterocycles. The van der Waals surface area contributed by atoms with Crippen LogP contribution in [0.5, 0.6) is 0 Å². The van der Waals surface area contributed by atoms with E-state index in [1.54, 1.807) is 0 Å². The van der Waals surface area contributed by atoms with E-state index in [0.717, 1.165) is 37.4 Å². The minimum absolute atomic E-state index is 0.0891. The summed E-state index contributed by atoms with van der Waals surface area (Å²) >= 11 is 0. The van der Waals surface area contributed by atoms with Crippen LogP contribution in [0.2, 0.25) is 0 Å². The smallest absolute Gasteiger partial charge is 0.253 e. The van der Waals surface area contributed by atoms with Crippen LogP contribution in [0.15, 0.2) is 48.5 Å². The summed E-state index contributed by atoms with van der Waals surface area (Å²) in [5, 5.41) is 3.56. The molecule has 2 aromatic carbocycles. The van der Waals surface area contributed by atoms with Crippen LogP contribution in [-0.4, -0.2) is 54.0 Å². The molecule has 1 unspecified atom stereocenters. The lowest BCUT2D eigenvalue weighted by atomic mass is 9.93. The van der Waals surface area contributed by atoms with Crippen molar-refractivity contribution >= 4 is 11.6 Å². The fraction of sp³-hybridized carbons (Fsp3) is 0.458. The van der Waals surface area contributed by atoms with Gasteiger partial charge in [0.15, 0.2) is 0 Å². The molecule has 156 valence electrons. The van der Waals surface area contributed by atoms with Crippen LogP contribution in [0.1, 0.15) is 55.2 Å². The molecule has 1 fully saturated rings. The van der Waals surface area contributed by atoms with Gasteiger partial charge in [-0.2, -0.15) is 0 Å². The second kappa shape index (κ2) is 9.42. The van der Waals surface area contributed by atoms with Gasteiger partial charge in [-0.15, -0.1) is 0 Å². The molecule has 0 radical (unpaired) electrons. The van der Waals surface area contributed by atoms with E-state index in [4.69, 9.17) is 5.73 Å². The number of carbonyl (C=O) groups is 1. The Morgan fingerprint density at radius 1 is 1.14 bits per heavy atom. The molecular weight excluding hydrogens is 360 g/mol. The largest absolute Gasteiger partial charge is 0.399 e. The van der Waals surface area contributed by atoms with Gasteiger partial charge in [-0.3, -0.25) is 9.69 Å². The Hall–Kier alpha value is -2.37. The highest BCUT2D eigenvalue weighted by Gasteiger charge is 2.31. The number of carbonyl (C=O) groups excluding carboxylic acids is 1. The Kier molecular flexibility index (Phi) is 6.93. The number of nitrogens with zero attached hydrogens (tertiary/aromatic N) is 2. The maximum atomic E-state index is 12.7. The molecular formula is C24H34N4O. The molecule has 3 atom stereocenters. The van der Waals surface area contributed by atoms with Crippen LogP contribution in [0.25, 0.3) is 0 Å². The fourth-order valence-corrected chi connectivity index (χ4v) is 4.22. The zero-order valence-electron chi connectivity index (χ0n) is 18.1. The number of nitrogens with one attached hydrogen (secondary N) is 1. The molecule has 3 rings (SSSR count). The lowest BCUT2D eigenvalue weighted by Gasteiger charge is -2.43. The second-order valence-electron chi connectivity index (χ2n) is 8.03. The summed E-state index contributed by atoms with van der Waals surface area (Å²) in [4.78, 5) is 17.1. The molecule has 0 aliphatic carbocycles. The summed E-state index contributed by atoms with van der Waals surface area (Å²) in [6.45, 7) is 11.9. The van der Waals surface area contributed by atoms with Crippen molar-refractivity contribution in [2.45, 2.75) is 45.8 Å². The molecule has 0 aromatic heterocycles. The summed E-state index contributed by atoms with van der Waals surface area (Å²) in [6, 6.07) is 17.2. The number of nitrogens with two attached hydrogens (primary N) is 1. The Morgan fingerprint density at radius 3 is 2.45 bits per heavy atom. The maximum absolute atomic E-state index is 12.7. The molecule has 2 aromatic rings. The van der Waals surface area contributed by atoms with Crippen LogP contribution < -0.4 is 11.1 Å². The van der Waals surface area contributed by atoms with Gasteiger partial charge in [0.05, 0.1) is 6.04 Å². The summed E-state index contributed by atoms with van der Waals surface area (Å²) in [5.41, 5.74) is 10.0. The molecule has 3 N–H and O–H groups in total. The van der Waals surface area contributed by atoms with Crippen molar-refractivity contribution in [3.05, 3.63) is 65.2 Å². The van der Waals surface area contributed by atoms with E-state index < -0.39 is 0 Å². The Morgan fingerprint density at radius 2 is 1.83 bits per heavy atom. The topological polar surface area (TPSA) is 61.6 Å². The molecule has 0 bridgehead atoms. The highest BCUT2D eigenvalue weighted by atomic mass is 16.2. The third kappa shape index (κ3) is 4.80. The van der Waals surface area contributed by atoms with E-state index in [1.807, 2.05) is 43.0 Å². The SMILES string of the molecule is CCN(CC)C(=O)c1ccc(C(c2cccc(N)c2)N2C[C@@H](C)NC[C@@H]2C)cc1. The van der Waals surface area contributed by atoms with Crippen molar-refractivity contribution in [3.63, 3.8) is 0 Å². The predicted octanol–water partition coefficient (Wildman–Crippen LogP) is 3.52. The van der Waals surface area contributed by atoms with E-state index in [9.17, 15) is 4.79 Å². The first-order valence-corrected chi connectivity index (χ1v) is 10.7. The highest BCUT2D eigenvalue weighted by Crippen LogP contribution is 2.32. The van der Waals surface area contributed by atoms with Crippen molar-refractivity contribution in [2.75, 3.05) is 31.9 Å². The van der Waals surface area contributed by atoms with Crippen LogP contribution in [-0.2, 0) is 0 Å². The first-order valence-electron chi connectivity index (χ1n) is 10.7. The lowest BCUT2D eigenvalue weighted by molar-refractivity contribution is 0.0773. The number of amides is 1. The van der Waals surface area contributed by atoms with Crippen molar-refractivity contribution in [2.24, 2.45) is 0 Å². The number of rotatable bonds is 6. The van der Waals surface area contributed by atoms with Crippen LogP contribution in [0, 0.1) is 0 Å². The van der Waals surface area contributed by atoms with Gasteiger partial charge in [0, 0.05) is 49.5 Å². The maximum Gasteiger partial charge on any atom is 0.253 e. The van der Waals surface area contributed by atoms with E-state index in [0.29, 0.717) is 12.1 Å². The third-order valence-electron chi connectivity index (χ3n) is 5.89. The number of piperazine rings is 1. The number of hydrogen-bond acceptors (Lipinski definition) is 4. The number of benzene rings is 2. The van der Waals surface area contributed by atoms with Crippen LogP contribution in [0.4, 0.5) is 5.69 Å². The van der Waals surface area contributed by atoms with E-state index in [1.165, 1.54) is 11.1 Å². The standard InChI is InChI=1S/C24H34N4O/c1-5-27(6-2)24(29)20-12-10-19(11-13-20)23(21-8-7-9-22(25)14-21)28-16-17(3)26-15-18(28)4/h7-14,17-18,23,26H,5-6,15-16,25H2,1-4H3/t17-,18+,23?/m1/s1. The Bertz CT molecular complexity index is 816. The minimum Gasteiger partial charge on any atom is -0.399 e. The molecule has 1 aliphatic heterocycles. The van der Waals surface area contributed by atoms with E-state index >= 15 is 0 Å². The number of hydrogen-bond donors (Lipinski definition) is 2. The zero-order valence-corrected chi connectivity index (χ0v) is 18.1. The fourth-order valence-electron chi connectivity index (χ4n) is 4.22. The van der Waals surface area contributed by atoms with Gasteiger partial charge >= 0.3 is 0 Å². The van der Waals surface area contributed by atoms with Gasteiger partial charge in [-0.25, -0.2) is 0 Å². The van der Waals surface area contributed by atoms with Gasteiger partial charge in [0.25, 0.3) is 5.91 Å². The van der Waals surface area contributed by atoms with Crippen LogP contribution >= 0.6 is 0 Å². The summed E-state index contributed by atoms with van der Waals surface area (Å²) in [7, 11) is 0.